The van der Waals surface area contributed by atoms with E-state index >= 15 is 0 Å². The van der Waals surface area contributed by atoms with Crippen LogP contribution in [-0.4, -0.2) is 40.1 Å². The summed E-state index contributed by atoms with van der Waals surface area (Å²) >= 11 is 0. The molecule has 2 rings (SSSR count). The number of hydrogen-bond donors (Lipinski definition) is 2. The molecule has 0 unspecified atom stereocenters. The number of aromatic nitrogens is 2. The Bertz CT molecular complexity index is 555. The molecule has 0 radical (unpaired) electrons. The number of nitrogens with one attached hydrogen (secondary N) is 1. The van der Waals surface area contributed by atoms with Crippen molar-refractivity contribution < 1.29 is 19.0 Å². The SMILES string of the molecule is CCOC[C@H]1O[C@@H](n2cc(F)c(=O)[nH]c2=O)C[C@@H]1O. The fraction of sp³-hybridized carbons (Fsp3) is 0.636. The highest BCUT2D eigenvalue weighted by Crippen LogP contribution is 2.27. The molecule has 106 valence electrons. The summed E-state index contributed by atoms with van der Waals surface area (Å²) in [4.78, 5) is 24.3. The molecule has 0 spiro atoms. The van der Waals surface area contributed by atoms with Gasteiger partial charge in [0, 0.05) is 13.0 Å². The van der Waals surface area contributed by atoms with E-state index in [4.69, 9.17) is 9.47 Å². The van der Waals surface area contributed by atoms with Gasteiger partial charge < -0.3 is 14.6 Å². The lowest BCUT2D eigenvalue weighted by molar-refractivity contribution is -0.0618. The van der Waals surface area contributed by atoms with E-state index in [2.05, 4.69) is 0 Å². The van der Waals surface area contributed by atoms with Gasteiger partial charge in [-0.15, -0.1) is 0 Å². The first kappa shape index (κ1) is 13.9. The van der Waals surface area contributed by atoms with Gasteiger partial charge in [0.15, 0.2) is 0 Å². The molecule has 1 saturated heterocycles. The van der Waals surface area contributed by atoms with Gasteiger partial charge in [-0.3, -0.25) is 14.3 Å². The van der Waals surface area contributed by atoms with Gasteiger partial charge in [-0.25, -0.2) is 4.79 Å². The molecule has 2 heterocycles. The van der Waals surface area contributed by atoms with Gasteiger partial charge in [0.2, 0.25) is 5.82 Å². The van der Waals surface area contributed by atoms with Gasteiger partial charge in [-0.1, -0.05) is 0 Å². The van der Waals surface area contributed by atoms with Crippen LogP contribution in [-0.2, 0) is 9.47 Å². The zero-order chi connectivity index (χ0) is 14.0. The maximum absolute atomic E-state index is 13.2. The number of aromatic amines is 1. The molecule has 3 atom stereocenters. The van der Waals surface area contributed by atoms with E-state index < -0.39 is 35.5 Å². The maximum Gasteiger partial charge on any atom is 0.330 e. The minimum atomic E-state index is -1.08. The molecular weight excluding hydrogens is 259 g/mol. The second-order valence-electron chi connectivity index (χ2n) is 4.24. The molecule has 0 saturated carbocycles. The predicted molar refractivity (Wildman–Crippen MR) is 62.3 cm³/mol. The number of halogens is 1. The molecule has 0 amide bonds. The minimum absolute atomic E-state index is 0.128. The number of aliphatic hydroxyl groups excluding tert-OH is 1. The summed E-state index contributed by atoms with van der Waals surface area (Å²) < 4.78 is 24.7. The Hall–Kier alpha value is -1.51. The molecule has 1 aromatic heterocycles. The molecule has 1 aromatic rings. The van der Waals surface area contributed by atoms with Crippen LogP contribution in [0.1, 0.15) is 19.6 Å². The first-order chi connectivity index (χ1) is 9.02. The highest BCUT2D eigenvalue weighted by molar-refractivity contribution is 4.91. The Balaban J connectivity index is 2.18. The maximum atomic E-state index is 13.2. The van der Waals surface area contributed by atoms with Crippen LogP contribution in [0.5, 0.6) is 0 Å². The van der Waals surface area contributed by atoms with Crippen LogP contribution in [0, 0.1) is 5.82 Å². The first-order valence-electron chi connectivity index (χ1n) is 5.95. The van der Waals surface area contributed by atoms with Crippen molar-refractivity contribution in [3.05, 3.63) is 32.9 Å². The highest BCUT2D eigenvalue weighted by atomic mass is 19.1. The van der Waals surface area contributed by atoms with Crippen LogP contribution in [0.2, 0.25) is 0 Å². The third-order valence-corrected chi connectivity index (χ3v) is 2.92. The van der Waals surface area contributed by atoms with E-state index in [0.717, 1.165) is 10.8 Å². The third kappa shape index (κ3) is 2.91. The average molecular weight is 274 g/mol. The van der Waals surface area contributed by atoms with Gasteiger partial charge in [-0.05, 0) is 6.92 Å². The smallest absolute Gasteiger partial charge is 0.330 e. The van der Waals surface area contributed by atoms with E-state index in [1.54, 1.807) is 6.92 Å². The lowest BCUT2D eigenvalue weighted by Crippen LogP contribution is -2.34. The van der Waals surface area contributed by atoms with Gasteiger partial charge in [0.1, 0.15) is 12.3 Å². The van der Waals surface area contributed by atoms with Crippen LogP contribution < -0.4 is 11.2 Å². The van der Waals surface area contributed by atoms with Crippen LogP contribution in [0.3, 0.4) is 0 Å². The number of H-pyrrole nitrogens is 1. The second-order valence-corrected chi connectivity index (χ2v) is 4.24. The third-order valence-electron chi connectivity index (χ3n) is 2.92. The van der Waals surface area contributed by atoms with E-state index in [9.17, 15) is 19.1 Å². The summed E-state index contributed by atoms with van der Waals surface area (Å²) in [6.07, 6.45) is -1.30. The molecule has 1 aliphatic rings. The molecule has 0 aliphatic carbocycles. The Morgan fingerprint density at radius 3 is 3.05 bits per heavy atom. The summed E-state index contributed by atoms with van der Waals surface area (Å²) in [5.41, 5.74) is -1.86. The summed E-state index contributed by atoms with van der Waals surface area (Å²) in [6, 6.07) is 0. The summed E-state index contributed by atoms with van der Waals surface area (Å²) in [5, 5.41) is 9.78. The fourth-order valence-corrected chi connectivity index (χ4v) is 1.94. The number of aliphatic hydroxyl groups is 1. The fourth-order valence-electron chi connectivity index (χ4n) is 1.94. The van der Waals surface area contributed by atoms with Crippen molar-refractivity contribution in [1.29, 1.82) is 0 Å². The van der Waals surface area contributed by atoms with E-state index in [1.165, 1.54) is 0 Å². The van der Waals surface area contributed by atoms with Crippen molar-refractivity contribution in [2.24, 2.45) is 0 Å². The van der Waals surface area contributed by atoms with E-state index in [1.807, 2.05) is 4.98 Å². The average Bonchev–Trinajstić information content (AvgIpc) is 2.72. The van der Waals surface area contributed by atoms with Crippen LogP contribution in [0.25, 0.3) is 0 Å². The minimum Gasteiger partial charge on any atom is -0.390 e. The first-order valence-corrected chi connectivity index (χ1v) is 5.95. The Labute approximate surface area is 107 Å². The molecular formula is C11H15FN2O5. The largest absolute Gasteiger partial charge is 0.390 e. The monoisotopic (exact) mass is 274 g/mol. The van der Waals surface area contributed by atoms with Gasteiger partial charge in [-0.2, -0.15) is 4.39 Å². The molecule has 7 nitrogen and oxygen atoms in total. The van der Waals surface area contributed by atoms with Crippen LogP contribution in [0.4, 0.5) is 4.39 Å². The van der Waals surface area contributed by atoms with E-state index in [0.29, 0.717) is 6.61 Å². The number of nitrogens with zero attached hydrogens (tertiary/aromatic N) is 1. The van der Waals surface area contributed by atoms with Crippen LogP contribution >= 0.6 is 0 Å². The van der Waals surface area contributed by atoms with Crippen molar-refractivity contribution in [2.75, 3.05) is 13.2 Å². The second kappa shape index (κ2) is 5.64. The number of hydrogen-bond acceptors (Lipinski definition) is 5. The van der Waals surface area contributed by atoms with Crippen molar-refractivity contribution in [3.8, 4) is 0 Å². The Kier molecular flexibility index (Phi) is 4.13. The van der Waals surface area contributed by atoms with Crippen molar-refractivity contribution in [2.45, 2.75) is 31.8 Å². The predicted octanol–water partition coefficient (Wildman–Crippen LogP) is -0.639. The van der Waals surface area contributed by atoms with Crippen LogP contribution in [0.15, 0.2) is 15.8 Å². The zero-order valence-corrected chi connectivity index (χ0v) is 10.3. The Morgan fingerprint density at radius 2 is 2.37 bits per heavy atom. The lowest BCUT2D eigenvalue weighted by Gasteiger charge is -2.15. The summed E-state index contributed by atoms with van der Waals surface area (Å²) in [5.74, 6) is -1.08. The van der Waals surface area contributed by atoms with Crippen molar-refractivity contribution in [3.63, 3.8) is 0 Å². The molecule has 0 aromatic carbocycles. The molecule has 0 bridgehead atoms. The summed E-state index contributed by atoms with van der Waals surface area (Å²) in [6.45, 7) is 2.47. The molecule has 1 aliphatic heterocycles. The highest BCUT2D eigenvalue weighted by Gasteiger charge is 2.35. The Morgan fingerprint density at radius 1 is 1.63 bits per heavy atom. The molecule has 8 heteroatoms. The van der Waals surface area contributed by atoms with Gasteiger partial charge >= 0.3 is 5.69 Å². The number of rotatable bonds is 4. The zero-order valence-electron chi connectivity index (χ0n) is 10.3. The topological polar surface area (TPSA) is 93.5 Å². The number of ether oxygens (including phenoxy) is 2. The quantitative estimate of drug-likeness (QED) is 0.761. The van der Waals surface area contributed by atoms with Gasteiger partial charge in [0.05, 0.1) is 18.9 Å². The lowest BCUT2D eigenvalue weighted by atomic mass is 10.2. The van der Waals surface area contributed by atoms with Crippen molar-refractivity contribution >= 4 is 0 Å². The molecule has 19 heavy (non-hydrogen) atoms. The van der Waals surface area contributed by atoms with Gasteiger partial charge in [0.25, 0.3) is 5.56 Å². The normalized spacial score (nSPS) is 26.8. The molecule has 1 fully saturated rings. The standard InChI is InChI=1S/C11H15FN2O5/c1-2-18-5-8-7(15)3-9(19-8)14-4-6(12)10(16)13-11(14)17/h4,7-9,15H,2-3,5H2,1H3,(H,13,16,17)/t7-,8+,9+/m0/s1. The summed E-state index contributed by atoms with van der Waals surface area (Å²) in [7, 11) is 0. The van der Waals surface area contributed by atoms with Crippen molar-refractivity contribution in [1.82, 2.24) is 9.55 Å². The molecule has 2 N–H and O–H groups in total. The van der Waals surface area contributed by atoms with E-state index in [-0.39, 0.29) is 13.0 Å².